The molecule has 0 saturated carbocycles. The third-order valence-electron chi connectivity index (χ3n) is 2.99. The number of hydrogen-bond acceptors (Lipinski definition) is 1. The fourth-order valence-electron chi connectivity index (χ4n) is 2.25. The topological polar surface area (TPSA) is 17.8 Å². The molecule has 17 heavy (non-hydrogen) atoms. The summed E-state index contributed by atoms with van der Waals surface area (Å²) in [6.45, 7) is 4.44. The number of fused-ring (bicyclic) bond motifs is 1. The maximum absolute atomic E-state index is 6.00. The summed E-state index contributed by atoms with van der Waals surface area (Å²) >= 11 is 8.32. The van der Waals surface area contributed by atoms with E-state index in [2.05, 4.69) is 64.2 Å². The summed E-state index contributed by atoms with van der Waals surface area (Å²) in [6.07, 6.45) is 2.33. The van der Waals surface area contributed by atoms with Crippen LogP contribution in [0.2, 0.25) is 0 Å². The molecule has 0 fully saturated rings. The number of imidazole rings is 1. The summed E-state index contributed by atoms with van der Waals surface area (Å²) in [7, 11) is 0. The van der Waals surface area contributed by atoms with Crippen LogP contribution in [0.1, 0.15) is 38.6 Å². The Kier molecular flexibility index (Phi) is 4.31. The standard InChI is InChI=1S/C13H16ClIN2/c1-3-4-9(2)17-12-6-5-10(15)7-11(12)16-13(17)8-14/h5-7,9H,3-4,8H2,1-2H3. The van der Waals surface area contributed by atoms with Crippen molar-refractivity contribution in [2.45, 2.75) is 38.6 Å². The Balaban J connectivity index is 2.58. The van der Waals surface area contributed by atoms with Gasteiger partial charge in [-0.3, -0.25) is 0 Å². The van der Waals surface area contributed by atoms with Crippen molar-refractivity contribution in [1.29, 1.82) is 0 Å². The maximum atomic E-state index is 6.00. The molecule has 0 aliphatic rings. The van der Waals surface area contributed by atoms with E-state index in [1.165, 1.54) is 15.5 Å². The van der Waals surface area contributed by atoms with Crippen molar-refractivity contribution in [3.63, 3.8) is 0 Å². The van der Waals surface area contributed by atoms with E-state index in [-0.39, 0.29) is 0 Å². The van der Waals surface area contributed by atoms with Crippen LogP contribution >= 0.6 is 34.2 Å². The molecule has 0 radical (unpaired) electrons. The Morgan fingerprint density at radius 2 is 2.24 bits per heavy atom. The Hall–Kier alpha value is -0.290. The van der Waals surface area contributed by atoms with Gasteiger partial charge in [0.05, 0.1) is 16.9 Å². The van der Waals surface area contributed by atoms with Crippen molar-refractivity contribution in [3.8, 4) is 0 Å². The molecule has 1 aromatic carbocycles. The zero-order valence-electron chi connectivity index (χ0n) is 10.1. The van der Waals surface area contributed by atoms with Crippen LogP contribution in [-0.2, 0) is 5.88 Å². The molecule has 1 unspecified atom stereocenters. The second kappa shape index (κ2) is 5.57. The van der Waals surface area contributed by atoms with E-state index in [0.717, 1.165) is 17.8 Å². The average molecular weight is 363 g/mol. The molecule has 2 nitrogen and oxygen atoms in total. The van der Waals surface area contributed by atoms with E-state index in [1.54, 1.807) is 0 Å². The number of benzene rings is 1. The van der Waals surface area contributed by atoms with Gasteiger partial charge in [-0.1, -0.05) is 13.3 Å². The molecule has 0 saturated heterocycles. The van der Waals surface area contributed by atoms with Gasteiger partial charge in [-0.15, -0.1) is 11.6 Å². The predicted molar refractivity (Wildman–Crippen MR) is 81.6 cm³/mol. The van der Waals surface area contributed by atoms with Gasteiger partial charge >= 0.3 is 0 Å². The quantitative estimate of drug-likeness (QED) is 0.567. The SMILES string of the molecule is CCCC(C)n1c(CCl)nc2cc(I)ccc21. The van der Waals surface area contributed by atoms with Crippen LogP contribution in [0.4, 0.5) is 0 Å². The van der Waals surface area contributed by atoms with E-state index >= 15 is 0 Å². The Morgan fingerprint density at radius 1 is 1.47 bits per heavy atom. The third-order valence-corrected chi connectivity index (χ3v) is 3.90. The highest BCUT2D eigenvalue weighted by Crippen LogP contribution is 2.26. The number of aromatic nitrogens is 2. The molecule has 92 valence electrons. The van der Waals surface area contributed by atoms with Crippen LogP contribution in [-0.4, -0.2) is 9.55 Å². The first-order chi connectivity index (χ1) is 8.17. The molecule has 0 aliphatic carbocycles. The van der Waals surface area contributed by atoms with Gasteiger partial charge in [0.2, 0.25) is 0 Å². The minimum atomic E-state index is 0.457. The van der Waals surface area contributed by atoms with Gasteiger partial charge in [-0.2, -0.15) is 0 Å². The van der Waals surface area contributed by atoms with Crippen LogP contribution in [0, 0.1) is 3.57 Å². The van der Waals surface area contributed by atoms with Crippen molar-refractivity contribution in [2.24, 2.45) is 0 Å². The molecule has 1 atom stereocenters. The molecular formula is C13H16ClIN2. The van der Waals surface area contributed by atoms with Crippen LogP contribution in [0.3, 0.4) is 0 Å². The number of hydrogen-bond donors (Lipinski definition) is 0. The van der Waals surface area contributed by atoms with E-state index in [9.17, 15) is 0 Å². The van der Waals surface area contributed by atoms with Crippen LogP contribution in [0.15, 0.2) is 18.2 Å². The van der Waals surface area contributed by atoms with Crippen molar-refractivity contribution in [3.05, 3.63) is 27.6 Å². The zero-order chi connectivity index (χ0) is 12.4. The second-order valence-corrected chi connectivity index (χ2v) is 5.82. The lowest BCUT2D eigenvalue weighted by molar-refractivity contribution is 0.500. The van der Waals surface area contributed by atoms with Crippen LogP contribution < -0.4 is 0 Å². The summed E-state index contributed by atoms with van der Waals surface area (Å²) in [6, 6.07) is 6.84. The fraction of sp³-hybridized carbons (Fsp3) is 0.462. The molecule has 0 amide bonds. The van der Waals surface area contributed by atoms with Crippen LogP contribution in [0.25, 0.3) is 11.0 Å². The average Bonchev–Trinajstić information content (AvgIpc) is 2.66. The third kappa shape index (κ3) is 2.60. The Bertz CT molecular complexity index is 521. The number of halogens is 2. The molecule has 2 rings (SSSR count). The lowest BCUT2D eigenvalue weighted by Gasteiger charge is -2.16. The van der Waals surface area contributed by atoms with Gasteiger partial charge in [0.15, 0.2) is 0 Å². The zero-order valence-corrected chi connectivity index (χ0v) is 13.0. The monoisotopic (exact) mass is 362 g/mol. The van der Waals surface area contributed by atoms with Gasteiger partial charge in [-0.25, -0.2) is 4.98 Å². The van der Waals surface area contributed by atoms with Crippen molar-refractivity contribution in [2.75, 3.05) is 0 Å². The molecule has 0 spiro atoms. The lowest BCUT2D eigenvalue weighted by Crippen LogP contribution is -2.08. The molecule has 4 heteroatoms. The fourth-order valence-corrected chi connectivity index (χ4v) is 2.92. The first-order valence-electron chi connectivity index (χ1n) is 5.89. The summed E-state index contributed by atoms with van der Waals surface area (Å²) < 4.78 is 3.49. The van der Waals surface area contributed by atoms with Crippen LogP contribution in [0.5, 0.6) is 0 Å². The first kappa shape index (κ1) is 13.1. The predicted octanol–water partition coefficient (Wildman–Crippen LogP) is 4.74. The Labute approximate surface area is 121 Å². The summed E-state index contributed by atoms with van der Waals surface area (Å²) in [4.78, 5) is 4.62. The van der Waals surface area contributed by atoms with E-state index < -0.39 is 0 Å². The second-order valence-electron chi connectivity index (χ2n) is 4.30. The highest BCUT2D eigenvalue weighted by Gasteiger charge is 2.14. The van der Waals surface area contributed by atoms with Crippen molar-refractivity contribution >= 4 is 45.2 Å². The van der Waals surface area contributed by atoms with Gasteiger partial charge < -0.3 is 4.57 Å². The normalized spacial score (nSPS) is 13.2. The summed E-state index contributed by atoms with van der Waals surface area (Å²) in [5.41, 5.74) is 2.25. The number of rotatable bonds is 4. The number of alkyl halides is 1. The van der Waals surface area contributed by atoms with E-state index in [0.29, 0.717) is 11.9 Å². The van der Waals surface area contributed by atoms with Gasteiger partial charge in [0.1, 0.15) is 5.82 Å². The smallest absolute Gasteiger partial charge is 0.125 e. The molecule has 0 bridgehead atoms. The molecular weight excluding hydrogens is 347 g/mol. The van der Waals surface area contributed by atoms with E-state index in [4.69, 9.17) is 11.6 Å². The molecule has 2 aromatic rings. The van der Waals surface area contributed by atoms with Gasteiger partial charge in [0, 0.05) is 9.61 Å². The van der Waals surface area contributed by atoms with Gasteiger partial charge in [-0.05, 0) is 54.1 Å². The molecule has 0 N–H and O–H groups in total. The molecule has 1 aromatic heterocycles. The maximum Gasteiger partial charge on any atom is 0.125 e. The minimum Gasteiger partial charge on any atom is -0.324 e. The first-order valence-corrected chi connectivity index (χ1v) is 7.51. The largest absolute Gasteiger partial charge is 0.324 e. The molecule has 1 heterocycles. The minimum absolute atomic E-state index is 0.457. The lowest BCUT2D eigenvalue weighted by atomic mass is 10.2. The summed E-state index contributed by atoms with van der Waals surface area (Å²) in [5, 5.41) is 0. The van der Waals surface area contributed by atoms with E-state index in [1.807, 2.05) is 0 Å². The summed E-state index contributed by atoms with van der Waals surface area (Å²) in [5.74, 6) is 1.45. The number of nitrogens with zero attached hydrogens (tertiary/aromatic N) is 2. The highest BCUT2D eigenvalue weighted by atomic mass is 127. The highest BCUT2D eigenvalue weighted by molar-refractivity contribution is 14.1. The van der Waals surface area contributed by atoms with Crippen molar-refractivity contribution in [1.82, 2.24) is 9.55 Å². The van der Waals surface area contributed by atoms with Crippen molar-refractivity contribution < 1.29 is 0 Å². The Morgan fingerprint density at radius 3 is 2.88 bits per heavy atom. The van der Waals surface area contributed by atoms with Gasteiger partial charge in [0.25, 0.3) is 0 Å². The molecule has 0 aliphatic heterocycles.